The third-order valence-electron chi connectivity index (χ3n) is 6.36. The van der Waals surface area contributed by atoms with Crippen LogP contribution in [0, 0.1) is 5.92 Å². The minimum absolute atomic E-state index is 0.129. The van der Waals surface area contributed by atoms with Crippen molar-refractivity contribution < 1.29 is 9.59 Å². The van der Waals surface area contributed by atoms with Crippen LogP contribution in [-0.2, 0) is 9.59 Å². The van der Waals surface area contributed by atoms with E-state index in [1.54, 1.807) is 0 Å². The summed E-state index contributed by atoms with van der Waals surface area (Å²) in [4.78, 5) is 28.7. The Morgan fingerprint density at radius 2 is 1.88 bits per heavy atom. The highest BCUT2D eigenvalue weighted by Crippen LogP contribution is 2.38. The second-order valence-corrected chi connectivity index (χ2v) is 8.19. The number of unbranched alkanes of at least 4 members (excludes halogenated alkanes) is 1. The molecule has 5 nitrogen and oxygen atoms in total. The van der Waals surface area contributed by atoms with E-state index in [0.29, 0.717) is 37.4 Å². The first-order valence-corrected chi connectivity index (χ1v) is 10.2. The zero-order valence-electron chi connectivity index (χ0n) is 16.6. The molecule has 0 spiro atoms. The van der Waals surface area contributed by atoms with Crippen molar-refractivity contribution in [3.8, 4) is 0 Å². The summed E-state index contributed by atoms with van der Waals surface area (Å²) in [5, 5.41) is 2.97. The van der Waals surface area contributed by atoms with Gasteiger partial charge in [0.05, 0.1) is 0 Å². The molecule has 0 aliphatic carbocycles. The number of nitrogens with one attached hydrogen (secondary N) is 1. The van der Waals surface area contributed by atoms with Gasteiger partial charge in [0, 0.05) is 44.6 Å². The predicted molar refractivity (Wildman–Crippen MR) is 101 cm³/mol. The molecular formula is C20H37N3O2. The lowest BCUT2D eigenvalue weighted by Gasteiger charge is -2.37. The molecule has 2 fully saturated rings. The van der Waals surface area contributed by atoms with Crippen LogP contribution in [0.5, 0.6) is 0 Å². The largest absolute Gasteiger partial charge is 0.356 e. The van der Waals surface area contributed by atoms with Crippen LogP contribution in [-0.4, -0.2) is 60.4 Å². The first-order valence-electron chi connectivity index (χ1n) is 10.2. The van der Waals surface area contributed by atoms with Gasteiger partial charge in [-0.15, -0.1) is 0 Å². The Morgan fingerprint density at radius 3 is 2.48 bits per heavy atom. The van der Waals surface area contributed by atoms with E-state index < -0.39 is 0 Å². The van der Waals surface area contributed by atoms with Gasteiger partial charge in [0.1, 0.15) is 0 Å². The number of nitrogens with zero attached hydrogens (tertiary/aromatic N) is 2. The van der Waals surface area contributed by atoms with Crippen LogP contribution in [0.2, 0.25) is 0 Å². The van der Waals surface area contributed by atoms with E-state index in [-0.39, 0.29) is 17.9 Å². The van der Waals surface area contributed by atoms with Crippen LogP contribution in [0.4, 0.5) is 0 Å². The Kier molecular flexibility index (Phi) is 7.73. The monoisotopic (exact) mass is 351 g/mol. The van der Waals surface area contributed by atoms with Crippen molar-refractivity contribution in [2.75, 3.05) is 20.6 Å². The summed E-state index contributed by atoms with van der Waals surface area (Å²) in [6.07, 6.45) is 9.05. The van der Waals surface area contributed by atoms with Crippen LogP contribution in [0.25, 0.3) is 0 Å². The van der Waals surface area contributed by atoms with E-state index in [1.807, 2.05) is 11.9 Å². The lowest BCUT2D eigenvalue weighted by Crippen LogP contribution is -2.43. The fourth-order valence-electron chi connectivity index (χ4n) is 4.37. The van der Waals surface area contributed by atoms with Crippen LogP contribution < -0.4 is 5.32 Å². The van der Waals surface area contributed by atoms with Gasteiger partial charge in [0.15, 0.2) is 0 Å². The molecule has 2 amide bonds. The number of piperidine rings is 1. The van der Waals surface area contributed by atoms with Gasteiger partial charge in [-0.2, -0.15) is 0 Å². The molecule has 0 saturated carbocycles. The summed E-state index contributed by atoms with van der Waals surface area (Å²) in [5.41, 5.74) is 0. The number of hydrogen-bond donors (Lipinski definition) is 1. The van der Waals surface area contributed by atoms with Gasteiger partial charge < -0.3 is 15.1 Å². The quantitative estimate of drug-likeness (QED) is 0.695. The Bertz CT molecular complexity index is 440. The van der Waals surface area contributed by atoms with Gasteiger partial charge >= 0.3 is 0 Å². The Morgan fingerprint density at radius 1 is 1.24 bits per heavy atom. The zero-order chi connectivity index (χ0) is 18.4. The molecule has 0 aromatic heterocycles. The molecule has 3 unspecified atom stereocenters. The fraction of sp³-hybridized carbons (Fsp3) is 0.900. The molecule has 1 N–H and O–H groups in total. The average Bonchev–Trinajstić information content (AvgIpc) is 2.80. The van der Waals surface area contributed by atoms with Crippen molar-refractivity contribution in [1.29, 1.82) is 0 Å². The second kappa shape index (κ2) is 9.56. The third-order valence-corrected chi connectivity index (χ3v) is 6.36. The third kappa shape index (κ3) is 5.70. The summed E-state index contributed by atoms with van der Waals surface area (Å²) in [7, 11) is 4.15. The lowest BCUT2D eigenvalue weighted by molar-refractivity contribution is -0.133. The minimum atomic E-state index is 0.129. The maximum absolute atomic E-state index is 12.6. The van der Waals surface area contributed by atoms with Crippen LogP contribution in [0.1, 0.15) is 71.6 Å². The van der Waals surface area contributed by atoms with E-state index in [2.05, 4.69) is 31.1 Å². The molecule has 2 saturated heterocycles. The van der Waals surface area contributed by atoms with Crippen molar-refractivity contribution in [2.24, 2.45) is 5.92 Å². The maximum Gasteiger partial charge on any atom is 0.222 e. The lowest BCUT2D eigenvalue weighted by atomic mass is 9.88. The van der Waals surface area contributed by atoms with E-state index in [4.69, 9.17) is 0 Å². The number of carbonyl (C=O) groups is 2. The average molecular weight is 352 g/mol. The smallest absolute Gasteiger partial charge is 0.222 e. The van der Waals surface area contributed by atoms with E-state index >= 15 is 0 Å². The van der Waals surface area contributed by atoms with E-state index in [9.17, 15) is 9.59 Å². The standard InChI is InChI=1S/C20H37N3O2/c1-5-6-7-19(24)21-11-10-15(2)22(3)20(25)14-16-12-17-8-9-18(13-16)23(17)4/h15-18H,5-14H2,1-4H3,(H,21,24). The molecule has 5 heteroatoms. The molecule has 25 heavy (non-hydrogen) atoms. The maximum atomic E-state index is 12.6. The van der Waals surface area contributed by atoms with Crippen LogP contribution >= 0.6 is 0 Å². The Hall–Kier alpha value is -1.10. The Balaban J connectivity index is 1.68. The predicted octanol–water partition coefficient (Wildman–Crippen LogP) is 2.79. The molecule has 2 heterocycles. The molecule has 0 aromatic rings. The molecule has 2 rings (SSSR count). The summed E-state index contributed by atoms with van der Waals surface area (Å²) < 4.78 is 0. The van der Waals surface area contributed by atoms with Gasteiger partial charge in [0.2, 0.25) is 11.8 Å². The summed E-state index contributed by atoms with van der Waals surface area (Å²) in [6, 6.07) is 1.55. The molecule has 2 aliphatic rings. The molecule has 0 aromatic carbocycles. The fourth-order valence-corrected chi connectivity index (χ4v) is 4.37. The van der Waals surface area contributed by atoms with Gasteiger partial charge in [-0.1, -0.05) is 13.3 Å². The van der Waals surface area contributed by atoms with Crippen molar-refractivity contribution in [3.63, 3.8) is 0 Å². The number of carbonyl (C=O) groups excluding carboxylic acids is 2. The number of hydrogen-bond acceptors (Lipinski definition) is 3. The molecule has 2 aliphatic heterocycles. The zero-order valence-corrected chi connectivity index (χ0v) is 16.6. The first-order chi connectivity index (χ1) is 11.9. The first kappa shape index (κ1) is 20.2. The van der Waals surface area contributed by atoms with Crippen LogP contribution in [0.15, 0.2) is 0 Å². The highest BCUT2D eigenvalue weighted by atomic mass is 16.2. The van der Waals surface area contributed by atoms with Gasteiger partial charge in [-0.3, -0.25) is 9.59 Å². The summed E-state index contributed by atoms with van der Waals surface area (Å²) in [5.74, 6) is 0.938. The van der Waals surface area contributed by atoms with Crippen molar-refractivity contribution >= 4 is 11.8 Å². The summed E-state index contributed by atoms with van der Waals surface area (Å²) in [6.45, 7) is 4.82. The number of rotatable bonds is 9. The molecule has 144 valence electrons. The van der Waals surface area contributed by atoms with Crippen molar-refractivity contribution in [1.82, 2.24) is 15.1 Å². The van der Waals surface area contributed by atoms with Gasteiger partial charge in [0.25, 0.3) is 0 Å². The number of amides is 2. The van der Waals surface area contributed by atoms with Crippen LogP contribution in [0.3, 0.4) is 0 Å². The second-order valence-electron chi connectivity index (χ2n) is 8.19. The molecule has 0 radical (unpaired) electrons. The normalized spacial score (nSPS) is 27.1. The van der Waals surface area contributed by atoms with Gasteiger partial charge in [-0.05, 0) is 58.4 Å². The Labute approximate surface area is 153 Å². The minimum Gasteiger partial charge on any atom is -0.356 e. The highest BCUT2D eigenvalue weighted by Gasteiger charge is 2.39. The topological polar surface area (TPSA) is 52.7 Å². The van der Waals surface area contributed by atoms with E-state index in [0.717, 1.165) is 19.3 Å². The SMILES string of the molecule is CCCCC(=O)NCCC(C)N(C)C(=O)CC1CC2CCC(C1)N2C. The van der Waals surface area contributed by atoms with E-state index in [1.165, 1.54) is 25.7 Å². The molecular weight excluding hydrogens is 314 g/mol. The molecule has 2 bridgehead atoms. The summed E-state index contributed by atoms with van der Waals surface area (Å²) >= 11 is 0. The number of fused-ring (bicyclic) bond motifs is 2. The van der Waals surface area contributed by atoms with Crippen molar-refractivity contribution in [3.05, 3.63) is 0 Å². The molecule has 3 atom stereocenters. The van der Waals surface area contributed by atoms with Crippen molar-refractivity contribution in [2.45, 2.75) is 89.8 Å². The van der Waals surface area contributed by atoms with Gasteiger partial charge in [-0.25, -0.2) is 0 Å². The highest BCUT2D eigenvalue weighted by molar-refractivity contribution is 5.77.